The van der Waals surface area contributed by atoms with Crippen LogP contribution in [0, 0.1) is 0 Å². The van der Waals surface area contributed by atoms with E-state index in [0.29, 0.717) is 36.9 Å². The van der Waals surface area contributed by atoms with Crippen molar-refractivity contribution in [3.63, 3.8) is 0 Å². The molecule has 0 bridgehead atoms. The van der Waals surface area contributed by atoms with Gasteiger partial charge in [0.25, 0.3) is 0 Å². The number of anilines is 2. The summed E-state index contributed by atoms with van der Waals surface area (Å²) in [5.41, 5.74) is 2.47. The summed E-state index contributed by atoms with van der Waals surface area (Å²) in [6.07, 6.45) is 2.08. The molecule has 1 aromatic rings. The molecular weight excluding hydrogens is 248 g/mol. The summed E-state index contributed by atoms with van der Waals surface area (Å²) in [4.78, 5) is 22.0. The van der Waals surface area contributed by atoms with E-state index in [1.165, 1.54) is 13.4 Å². The Hall–Kier alpha value is -2.09. The summed E-state index contributed by atoms with van der Waals surface area (Å²) < 4.78 is 5.31. The number of nitrogens with zero attached hydrogens (tertiary/aromatic N) is 3. The minimum atomic E-state index is -0.261. The maximum absolute atomic E-state index is 11.9. The van der Waals surface area contributed by atoms with Crippen molar-refractivity contribution in [1.29, 1.82) is 0 Å². The lowest BCUT2D eigenvalue weighted by molar-refractivity contribution is -0.123. The highest BCUT2D eigenvalue weighted by Crippen LogP contribution is 2.33. The zero-order valence-corrected chi connectivity index (χ0v) is 11.0. The number of nitrogens with two attached hydrogens (primary N) is 1. The molecule has 104 valence electrons. The maximum atomic E-state index is 11.9. The first-order chi connectivity index (χ1) is 9.22. The van der Waals surface area contributed by atoms with Crippen LogP contribution in [0.2, 0.25) is 0 Å². The van der Waals surface area contributed by atoms with Crippen molar-refractivity contribution in [2.75, 3.05) is 30.5 Å². The Balaban J connectivity index is 2.42. The van der Waals surface area contributed by atoms with Crippen LogP contribution >= 0.6 is 0 Å². The summed E-state index contributed by atoms with van der Waals surface area (Å²) >= 11 is 0. The van der Waals surface area contributed by atoms with E-state index in [4.69, 9.17) is 10.6 Å². The van der Waals surface area contributed by atoms with Gasteiger partial charge in [-0.3, -0.25) is 4.79 Å². The van der Waals surface area contributed by atoms with E-state index in [9.17, 15) is 4.79 Å². The normalized spacial score (nSPS) is 19.0. The Morgan fingerprint density at radius 2 is 2.42 bits per heavy atom. The lowest BCUT2D eigenvalue weighted by Gasteiger charge is -2.36. The molecule has 19 heavy (non-hydrogen) atoms. The zero-order valence-electron chi connectivity index (χ0n) is 11.0. The average Bonchev–Trinajstić information content (AvgIpc) is 2.45. The monoisotopic (exact) mass is 266 g/mol. The second-order valence-corrected chi connectivity index (χ2v) is 4.13. The predicted octanol–water partition coefficient (Wildman–Crippen LogP) is -0.514. The highest BCUT2D eigenvalue weighted by atomic mass is 16.5. The van der Waals surface area contributed by atoms with Crippen molar-refractivity contribution >= 4 is 17.5 Å². The molecule has 1 saturated heterocycles. The summed E-state index contributed by atoms with van der Waals surface area (Å²) in [6.45, 7) is 3.20. The van der Waals surface area contributed by atoms with Crippen LogP contribution in [0.4, 0.5) is 11.6 Å². The number of carbonyl (C=O) groups excluding carboxylic acids is 1. The van der Waals surface area contributed by atoms with Gasteiger partial charge in [0.05, 0.1) is 7.11 Å². The lowest BCUT2D eigenvalue weighted by atomic mass is 10.1. The minimum absolute atomic E-state index is 0.00308. The van der Waals surface area contributed by atoms with Crippen LogP contribution in [-0.2, 0) is 4.79 Å². The number of piperazine rings is 1. The van der Waals surface area contributed by atoms with Crippen molar-refractivity contribution in [2.24, 2.45) is 5.84 Å². The number of nitrogens with one attached hydrogen (secondary N) is 2. The number of methoxy groups -OCH3 is 1. The molecule has 2 rings (SSSR count). The largest absolute Gasteiger partial charge is 0.490 e. The molecule has 4 N–H and O–H groups in total. The van der Waals surface area contributed by atoms with Crippen LogP contribution < -0.4 is 26.2 Å². The van der Waals surface area contributed by atoms with Gasteiger partial charge in [0, 0.05) is 13.1 Å². The standard InChI is InChI=1S/C11H18N6O2/c1-3-7-11(18)13-4-5-17(7)10-8(19-2)9(16-12)14-6-15-10/h6-7H,3-5,12H2,1-2H3,(H,13,18)(H,14,15,16). The number of hydrogen-bond donors (Lipinski definition) is 3. The number of ether oxygens (including phenoxy) is 1. The van der Waals surface area contributed by atoms with Gasteiger partial charge in [0.15, 0.2) is 11.6 Å². The molecule has 1 fully saturated rings. The van der Waals surface area contributed by atoms with Crippen molar-refractivity contribution in [3.8, 4) is 5.75 Å². The molecule has 0 saturated carbocycles. The number of hydrazine groups is 1. The van der Waals surface area contributed by atoms with Crippen molar-refractivity contribution in [1.82, 2.24) is 15.3 Å². The summed E-state index contributed by atoms with van der Waals surface area (Å²) in [6, 6.07) is -0.261. The first-order valence-corrected chi connectivity index (χ1v) is 6.12. The summed E-state index contributed by atoms with van der Waals surface area (Å²) in [5, 5.41) is 2.84. The molecular formula is C11H18N6O2. The SMILES string of the molecule is CCC1C(=O)NCCN1c1ncnc(NN)c1OC. The first kappa shape index (κ1) is 13.3. The van der Waals surface area contributed by atoms with Gasteiger partial charge < -0.3 is 20.4 Å². The molecule has 1 unspecified atom stereocenters. The van der Waals surface area contributed by atoms with Crippen molar-refractivity contribution in [2.45, 2.75) is 19.4 Å². The quantitative estimate of drug-likeness (QED) is 0.497. The molecule has 1 amide bonds. The molecule has 8 nitrogen and oxygen atoms in total. The smallest absolute Gasteiger partial charge is 0.242 e. The fourth-order valence-corrected chi connectivity index (χ4v) is 2.23. The number of aromatic nitrogens is 2. The number of carbonyl (C=O) groups is 1. The molecule has 0 aromatic carbocycles. The fourth-order valence-electron chi connectivity index (χ4n) is 2.23. The lowest BCUT2D eigenvalue weighted by Crippen LogP contribution is -2.55. The van der Waals surface area contributed by atoms with Gasteiger partial charge in [-0.05, 0) is 6.42 Å². The molecule has 1 aliphatic heterocycles. The number of amides is 1. The van der Waals surface area contributed by atoms with Gasteiger partial charge in [-0.25, -0.2) is 15.8 Å². The highest BCUT2D eigenvalue weighted by Gasteiger charge is 2.31. The molecule has 1 aromatic heterocycles. The molecule has 1 atom stereocenters. The van der Waals surface area contributed by atoms with Gasteiger partial charge >= 0.3 is 0 Å². The van der Waals surface area contributed by atoms with E-state index < -0.39 is 0 Å². The van der Waals surface area contributed by atoms with Gasteiger partial charge in [-0.15, -0.1) is 0 Å². The van der Waals surface area contributed by atoms with E-state index in [1.807, 2.05) is 11.8 Å². The molecule has 8 heteroatoms. The fraction of sp³-hybridized carbons (Fsp3) is 0.545. The van der Waals surface area contributed by atoms with Gasteiger partial charge in [-0.1, -0.05) is 6.92 Å². The predicted molar refractivity (Wildman–Crippen MR) is 70.8 cm³/mol. The first-order valence-electron chi connectivity index (χ1n) is 6.12. The zero-order chi connectivity index (χ0) is 13.8. The molecule has 1 aliphatic rings. The Morgan fingerprint density at radius 3 is 3.05 bits per heavy atom. The number of nitrogen functional groups attached to an aromatic ring is 1. The van der Waals surface area contributed by atoms with E-state index in [0.717, 1.165) is 0 Å². The van der Waals surface area contributed by atoms with Gasteiger partial charge in [0.1, 0.15) is 12.4 Å². The van der Waals surface area contributed by atoms with Crippen LogP contribution in [0.25, 0.3) is 0 Å². The molecule has 0 aliphatic carbocycles. The van der Waals surface area contributed by atoms with Crippen LogP contribution in [0.5, 0.6) is 5.75 Å². The Labute approximate surface area is 111 Å². The van der Waals surface area contributed by atoms with Crippen LogP contribution in [-0.4, -0.2) is 42.1 Å². The molecule has 0 radical (unpaired) electrons. The van der Waals surface area contributed by atoms with E-state index in [-0.39, 0.29) is 11.9 Å². The average molecular weight is 266 g/mol. The van der Waals surface area contributed by atoms with Crippen LogP contribution in [0.3, 0.4) is 0 Å². The van der Waals surface area contributed by atoms with E-state index in [1.54, 1.807) is 0 Å². The van der Waals surface area contributed by atoms with E-state index in [2.05, 4.69) is 20.7 Å². The third-order valence-corrected chi connectivity index (χ3v) is 3.12. The molecule has 0 spiro atoms. The topological polar surface area (TPSA) is 105 Å². The summed E-state index contributed by atoms with van der Waals surface area (Å²) in [7, 11) is 1.52. The summed E-state index contributed by atoms with van der Waals surface area (Å²) in [5.74, 6) is 6.81. The van der Waals surface area contributed by atoms with Crippen LogP contribution in [0.15, 0.2) is 6.33 Å². The third-order valence-electron chi connectivity index (χ3n) is 3.12. The molecule has 2 heterocycles. The third kappa shape index (κ3) is 2.39. The van der Waals surface area contributed by atoms with Gasteiger partial charge in [-0.2, -0.15) is 0 Å². The second kappa shape index (κ2) is 5.70. The Bertz CT molecular complexity index is 466. The van der Waals surface area contributed by atoms with Gasteiger partial charge in [0.2, 0.25) is 11.7 Å². The highest BCUT2D eigenvalue weighted by molar-refractivity contribution is 5.87. The van der Waals surface area contributed by atoms with Crippen LogP contribution in [0.1, 0.15) is 13.3 Å². The Morgan fingerprint density at radius 1 is 1.63 bits per heavy atom. The number of hydrogen-bond acceptors (Lipinski definition) is 7. The maximum Gasteiger partial charge on any atom is 0.242 e. The Kier molecular flexibility index (Phi) is 4.00. The van der Waals surface area contributed by atoms with Crippen molar-refractivity contribution in [3.05, 3.63) is 6.33 Å². The van der Waals surface area contributed by atoms with E-state index >= 15 is 0 Å². The minimum Gasteiger partial charge on any atom is -0.490 e. The number of rotatable bonds is 4. The van der Waals surface area contributed by atoms with Crippen molar-refractivity contribution < 1.29 is 9.53 Å². The second-order valence-electron chi connectivity index (χ2n) is 4.13.